The van der Waals surface area contributed by atoms with E-state index < -0.39 is 6.17 Å². The molecule has 4 heteroatoms. The predicted molar refractivity (Wildman–Crippen MR) is 102 cm³/mol. The average molecular weight is 355 g/mol. The summed E-state index contributed by atoms with van der Waals surface area (Å²) in [6.45, 7) is 0.797. The largest absolute Gasteiger partial charge is 0.464 e. The molecule has 0 bridgehead atoms. The summed E-state index contributed by atoms with van der Waals surface area (Å²) in [6.07, 6.45) is 4.57. The summed E-state index contributed by atoms with van der Waals surface area (Å²) < 4.78 is 19.9. The maximum atomic E-state index is 14.4. The molecule has 0 amide bonds. The maximum Gasteiger partial charge on any atom is 0.133 e. The van der Waals surface area contributed by atoms with Crippen molar-refractivity contribution < 1.29 is 8.81 Å². The van der Waals surface area contributed by atoms with Crippen LogP contribution in [0.1, 0.15) is 24.1 Å². The van der Waals surface area contributed by atoms with Gasteiger partial charge >= 0.3 is 0 Å². The van der Waals surface area contributed by atoms with Gasteiger partial charge in [0.15, 0.2) is 0 Å². The summed E-state index contributed by atoms with van der Waals surface area (Å²) in [5.41, 5.74) is 2.16. The SMILES string of the molecule is FC1CCN(c2ccc(-c3ccco3)cc2)C1CCCc1cccs1. The van der Waals surface area contributed by atoms with Gasteiger partial charge in [-0.15, -0.1) is 11.3 Å². The monoisotopic (exact) mass is 355 g/mol. The van der Waals surface area contributed by atoms with E-state index in [0.717, 1.165) is 42.8 Å². The molecular weight excluding hydrogens is 333 g/mol. The summed E-state index contributed by atoms with van der Waals surface area (Å²) >= 11 is 1.79. The number of hydrogen-bond donors (Lipinski definition) is 0. The summed E-state index contributed by atoms with van der Waals surface area (Å²) in [5.74, 6) is 0.865. The Morgan fingerprint density at radius 1 is 1.12 bits per heavy atom. The first-order chi connectivity index (χ1) is 12.3. The van der Waals surface area contributed by atoms with Gasteiger partial charge in [-0.1, -0.05) is 6.07 Å². The molecule has 2 aromatic heterocycles. The Labute approximate surface area is 151 Å². The molecule has 1 aliphatic heterocycles. The van der Waals surface area contributed by atoms with Crippen LogP contribution in [0.5, 0.6) is 0 Å². The zero-order valence-corrected chi connectivity index (χ0v) is 14.9. The highest BCUT2D eigenvalue weighted by Crippen LogP contribution is 2.32. The molecule has 1 fully saturated rings. The molecule has 0 spiro atoms. The number of halogens is 1. The lowest BCUT2D eigenvalue weighted by Crippen LogP contribution is -2.33. The van der Waals surface area contributed by atoms with Gasteiger partial charge in [-0.25, -0.2) is 4.39 Å². The summed E-state index contributed by atoms with van der Waals surface area (Å²) in [5, 5.41) is 2.11. The molecule has 0 saturated carbocycles. The van der Waals surface area contributed by atoms with Crippen LogP contribution in [0.4, 0.5) is 10.1 Å². The summed E-state index contributed by atoms with van der Waals surface area (Å²) in [4.78, 5) is 3.63. The highest BCUT2D eigenvalue weighted by molar-refractivity contribution is 7.09. The number of aryl methyl sites for hydroxylation is 1. The van der Waals surface area contributed by atoms with Gasteiger partial charge in [0, 0.05) is 22.7 Å². The van der Waals surface area contributed by atoms with Crippen LogP contribution < -0.4 is 4.90 Å². The van der Waals surface area contributed by atoms with E-state index in [2.05, 4.69) is 46.7 Å². The molecule has 4 rings (SSSR count). The van der Waals surface area contributed by atoms with E-state index >= 15 is 0 Å². The Bertz CT molecular complexity index is 767. The summed E-state index contributed by atoms with van der Waals surface area (Å²) in [7, 11) is 0. The molecule has 1 saturated heterocycles. The van der Waals surface area contributed by atoms with Gasteiger partial charge in [0.25, 0.3) is 0 Å². The minimum absolute atomic E-state index is 0.00516. The molecule has 1 aliphatic rings. The van der Waals surface area contributed by atoms with Gasteiger partial charge < -0.3 is 9.32 Å². The zero-order chi connectivity index (χ0) is 17.1. The lowest BCUT2D eigenvalue weighted by Gasteiger charge is -2.27. The van der Waals surface area contributed by atoms with Crippen LogP contribution in [0, 0.1) is 0 Å². The molecule has 130 valence electrons. The number of nitrogens with zero attached hydrogens (tertiary/aromatic N) is 1. The van der Waals surface area contributed by atoms with Gasteiger partial charge in [-0.05, 0) is 73.5 Å². The molecule has 2 atom stereocenters. The first kappa shape index (κ1) is 16.4. The molecule has 3 aromatic rings. The number of furan rings is 1. The van der Waals surface area contributed by atoms with E-state index in [1.165, 1.54) is 4.88 Å². The smallest absolute Gasteiger partial charge is 0.133 e. The number of anilines is 1. The van der Waals surface area contributed by atoms with E-state index in [1.807, 2.05) is 12.1 Å². The Balaban J connectivity index is 1.42. The fourth-order valence-corrected chi connectivity index (χ4v) is 4.42. The Morgan fingerprint density at radius 2 is 2.00 bits per heavy atom. The molecule has 0 N–H and O–H groups in total. The van der Waals surface area contributed by atoms with E-state index in [0.29, 0.717) is 6.42 Å². The topological polar surface area (TPSA) is 16.4 Å². The van der Waals surface area contributed by atoms with Crippen LogP contribution in [0.25, 0.3) is 11.3 Å². The standard InChI is InChI=1S/C21H22FNOS/c22-19-12-13-23(20(19)6-1-4-18-5-3-15-25-18)17-10-8-16(9-11-17)21-7-2-14-24-21/h2-3,5,7-11,14-15,19-20H,1,4,6,12-13H2. The van der Waals surface area contributed by atoms with E-state index in [1.54, 1.807) is 17.6 Å². The number of hydrogen-bond acceptors (Lipinski definition) is 3. The van der Waals surface area contributed by atoms with E-state index in [-0.39, 0.29) is 6.04 Å². The van der Waals surface area contributed by atoms with Crippen molar-refractivity contribution in [3.8, 4) is 11.3 Å². The van der Waals surface area contributed by atoms with Crippen molar-refractivity contribution in [1.29, 1.82) is 0 Å². The van der Waals surface area contributed by atoms with Gasteiger partial charge in [0.2, 0.25) is 0 Å². The first-order valence-corrected chi connectivity index (χ1v) is 9.76. The Kier molecular flexibility index (Phi) is 4.88. The zero-order valence-electron chi connectivity index (χ0n) is 14.1. The highest BCUT2D eigenvalue weighted by Gasteiger charge is 2.33. The van der Waals surface area contributed by atoms with E-state index in [4.69, 9.17) is 4.42 Å². The van der Waals surface area contributed by atoms with Crippen LogP contribution in [-0.4, -0.2) is 18.8 Å². The average Bonchev–Trinajstić information content (AvgIpc) is 3.38. The van der Waals surface area contributed by atoms with Gasteiger partial charge in [-0.2, -0.15) is 0 Å². The third-order valence-corrected chi connectivity index (χ3v) is 5.91. The molecule has 3 heterocycles. The number of rotatable bonds is 6. The molecule has 0 aliphatic carbocycles. The number of benzene rings is 1. The highest BCUT2D eigenvalue weighted by atomic mass is 32.1. The molecule has 25 heavy (non-hydrogen) atoms. The second kappa shape index (κ2) is 7.44. The van der Waals surface area contributed by atoms with Gasteiger partial charge in [-0.3, -0.25) is 0 Å². The summed E-state index contributed by atoms with van der Waals surface area (Å²) in [6, 6.07) is 16.4. The number of alkyl halides is 1. The third kappa shape index (κ3) is 3.64. The van der Waals surface area contributed by atoms with Crippen LogP contribution in [0.3, 0.4) is 0 Å². The van der Waals surface area contributed by atoms with E-state index in [9.17, 15) is 4.39 Å². The van der Waals surface area contributed by atoms with Crippen molar-refractivity contribution >= 4 is 17.0 Å². The normalized spacial score (nSPS) is 20.3. The Morgan fingerprint density at radius 3 is 2.72 bits per heavy atom. The van der Waals surface area contributed by atoms with Crippen molar-refractivity contribution in [1.82, 2.24) is 0 Å². The van der Waals surface area contributed by atoms with Gasteiger partial charge in [0.1, 0.15) is 11.9 Å². The fourth-order valence-electron chi connectivity index (χ4n) is 3.67. The lowest BCUT2D eigenvalue weighted by molar-refractivity contribution is 0.298. The van der Waals surface area contributed by atoms with Crippen LogP contribution in [-0.2, 0) is 6.42 Å². The van der Waals surface area contributed by atoms with Crippen LogP contribution >= 0.6 is 11.3 Å². The second-order valence-electron chi connectivity index (χ2n) is 6.56. The van der Waals surface area contributed by atoms with Crippen molar-refractivity contribution in [3.63, 3.8) is 0 Å². The first-order valence-electron chi connectivity index (χ1n) is 8.88. The van der Waals surface area contributed by atoms with Crippen LogP contribution in [0.15, 0.2) is 64.6 Å². The second-order valence-corrected chi connectivity index (χ2v) is 7.59. The molecule has 0 radical (unpaired) electrons. The Hall–Kier alpha value is -2.07. The lowest BCUT2D eigenvalue weighted by atomic mass is 10.0. The van der Waals surface area contributed by atoms with Crippen molar-refractivity contribution in [2.75, 3.05) is 11.4 Å². The quantitative estimate of drug-likeness (QED) is 0.543. The molecule has 2 unspecified atom stereocenters. The number of thiophene rings is 1. The van der Waals surface area contributed by atoms with Gasteiger partial charge in [0.05, 0.1) is 12.3 Å². The van der Waals surface area contributed by atoms with Crippen LogP contribution in [0.2, 0.25) is 0 Å². The van der Waals surface area contributed by atoms with Crippen molar-refractivity contribution in [2.45, 2.75) is 37.9 Å². The maximum absolute atomic E-state index is 14.4. The predicted octanol–water partition coefficient (Wildman–Crippen LogP) is 5.95. The minimum atomic E-state index is -0.729. The fraction of sp³-hybridized carbons (Fsp3) is 0.333. The van der Waals surface area contributed by atoms with Crippen molar-refractivity contribution in [2.24, 2.45) is 0 Å². The molecule has 1 aromatic carbocycles. The minimum Gasteiger partial charge on any atom is -0.464 e. The third-order valence-electron chi connectivity index (χ3n) is 4.97. The molecule has 2 nitrogen and oxygen atoms in total. The molecular formula is C21H22FNOS. The van der Waals surface area contributed by atoms with Crippen molar-refractivity contribution in [3.05, 3.63) is 65.1 Å².